The number of hydrogen-bond donors (Lipinski definition) is 3. The lowest BCUT2D eigenvalue weighted by molar-refractivity contribution is 0.274. The van der Waals surface area contributed by atoms with Crippen LogP contribution in [0.5, 0.6) is 0 Å². The van der Waals surface area contributed by atoms with Crippen molar-refractivity contribution in [2.45, 2.75) is 26.8 Å². The van der Waals surface area contributed by atoms with Gasteiger partial charge in [-0.15, -0.1) is 0 Å². The third-order valence-electron chi connectivity index (χ3n) is 4.51. The van der Waals surface area contributed by atoms with Gasteiger partial charge in [0, 0.05) is 30.4 Å². The van der Waals surface area contributed by atoms with Gasteiger partial charge in [-0.25, -0.2) is 4.98 Å². The zero-order valence-electron chi connectivity index (χ0n) is 15.2. The molecule has 0 aromatic carbocycles. The Morgan fingerprint density at radius 3 is 2.89 bits per heavy atom. The number of aliphatic hydroxyl groups is 1. The van der Waals surface area contributed by atoms with Crippen molar-refractivity contribution in [2.24, 2.45) is 0 Å². The number of anilines is 2. The number of pyridine rings is 1. The smallest absolute Gasteiger partial charge is 0.253 e. The third-order valence-corrected chi connectivity index (χ3v) is 4.51. The molecule has 4 N–H and O–H groups in total. The topological polar surface area (TPSA) is 134 Å². The van der Waals surface area contributed by atoms with Crippen LogP contribution in [0.1, 0.15) is 22.4 Å². The largest absolute Gasteiger partial charge is 0.395 e. The second kappa shape index (κ2) is 7.47. The third kappa shape index (κ3) is 3.35. The zero-order chi connectivity index (χ0) is 19.6. The van der Waals surface area contributed by atoms with Gasteiger partial charge in [-0.2, -0.15) is 14.9 Å². The van der Waals surface area contributed by atoms with Crippen molar-refractivity contribution in [3.63, 3.8) is 0 Å². The lowest BCUT2D eigenvalue weighted by atomic mass is 10.2. The normalized spacial score (nSPS) is 10.9. The van der Waals surface area contributed by atoms with E-state index in [0.29, 0.717) is 30.0 Å². The summed E-state index contributed by atoms with van der Waals surface area (Å²) >= 11 is 0. The molecule has 0 unspecified atom stereocenters. The van der Waals surface area contributed by atoms with E-state index in [1.807, 2.05) is 13.8 Å². The van der Waals surface area contributed by atoms with Crippen LogP contribution in [0.15, 0.2) is 23.1 Å². The van der Waals surface area contributed by atoms with Crippen molar-refractivity contribution < 1.29 is 5.11 Å². The summed E-state index contributed by atoms with van der Waals surface area (Å²) in [6.45, 7) is 4.32. The van der Waals surface area contributed by atoms with E-state index in [0.717, 1.165) is 11.3 Å². The Hall–Kier alpha value is -3.38. The first-order valence-corrected chi connectivity index (χ1v) is 8.56. The molecule has 3 aromatic heterocycles. The first-order valence-electron chi connectivity index (χ1n) is 8.56. The summed E-state index contributed by atoms with van der Waals surface area (Å²) in [4.78, 5) is 16.8. The number of fused-ring (bicyclic) bond motifs is 1. The maximum absolute atomic E-state index is 12.3. The molecule has 0 radical (unpaired) electrons. The highest BCUT2D eigenvalue weighted by Gasteiger charge is 2.17. The van der Waals surface area contributed by atoms with E-state index in [4.69, 9.17) is 10.8 Å². The van der Waals surface area contributed by atoms with Gasteiger partial charge in [-0.1, -0.05) is 6.07 Å². The van der Waals surface area contributed by atoms with Gasteiger partial charge >= 0.3 is 0 Å². The average Bonchev–Trinajstić information content (AvgIpc) is 2.94. The van der Waals surface area contributed by atoms with Crippen LogP contribution in [-0.2, 0) is 13.0 Å². The molecule has 140 valence electrons. The standard InChI is InChI=1S/C18H21N7O2/c1-11-12(2)23-25-15(20)14(10-19)16(22-17(11)25)21-6-5-13-4-3-7-24(8-9-26)18(13)27/h3-4,7,26H,5-6,8-9,20H2,1-2H3,(H,21,22). The van der Waals surface area contributed by atoms with Crippen LogP contribution in [0.4, 0.5) is 11.6 Å². The van der Waals surface area contributed by atoms with Crippen molar-refractivity contribution in [3.8, 4) is 6.07 Å². The summed E-state index contributed by atoms with van der Waals surface area (Å²) in [5.41, 5.74) is 9.07. The van der Waals surface area contributed by atoms with Gasteiger partial charge < -0.3 is 20.7 Å². The molecule has 0 amide bonds. The number of nitrogen functional groups attached to an aromatic ring is 1. The van der Waals surface area contributed by atoms with Crippen LogP contribution in [0.25, 0.3) is 5.65 Å². The van der Waals surface area contributed by atoms with Gasteiger partial charge in [0.25, 0.3) is 5.56 Å². The molecule has 3 rings (SSSR count). The first kappa shape index (κ1) is 18.4. The van der Waals surface area contributed by atoms with Gasteiger partial charge in [0.2, 0.25) is 0 Å². The maximum Gasteiger partial charge on any atom is 0.253 e. The fourth-order valence-electron chi connectivity index (χ4n) is 2.90. The van der Waals surface area contributed by atoms with Crippen LogP contribution in [-0.4, -0.2) is 37.4 Å². The second-order valence-corrected chi connectivity index (χ2v) is 6.21. The summed E-state index contributed by atoms with van der Waals surface area (Å²) in [6.07, 6.45) is 2.09. The zero-order valence-corrected chi connectivity index (χ0v) is 15.2. The molecule has 0 fully saturated rings. The number of nitriles is 1. The number of nitrogens with two attached hydrogens (primary N) is 1. The molecule has 0 aliphatic carbocycles. The summed E-state index contributed by atoms with van der Waals surface area (Å²) in [5, 5.41) is 25.9. The van der Waals surface area contributed by atoms with Gasteiger partial charge in [-0.05, 0) is 26.3 Å². The van der Waals surface area contributed by atoms with Gasteiger partial charge in [-0.3, -0.25) is 4.79 Å². The molecule has 0 spiro atoms. The minimum Gasteiger partial charge on any atom is -0.395 e. The molecule has 9 heteroatoms. The minimum absolute atomic E-state index is 0.0968. The van der Waals surface area contributed by atoms with Crippen molar-refractivity contribution in [1.29, 1.82) is 5.26 Å². The lowest BCUT2D eigenvalue weighted by Gasteiger charge is -2.11. The van der Waals surface area contributed by atoms with Crippen LogP contribution in [0.2, 0.25) is 0 Å². The number of aliphatic hydroxyl groups excluding tert-OH is 1. The molecule has 27 heavy (non-hydrogen) atoms. The minimum atomic E-state index is -0.140. The van der Waals surface area contributed by atoms with Crippen LogP contribution >= 0.6 is 0 Å². The SMILES string of the molecule is Cc1nn2c(N)c(C#N)c(NCCc3cccn(CCO)c3=O)nc2c1C. The van der Waals surface area contributed by atoms with Crippen molar-refractivity contribution in [2.75, 3.05) is 24.2 Å². The van der Waals surface area contributed by atoms with E-state index in [9.17, 15) is 10.1 Å². The highest BCUT2D eigenvalue weighted by atomic mass is 16.3. The summed E-state index contributed by atoms with van der Waals surface area (Å²) < 4.78 is 2.94. The molecular formula is C18H21N7O2. The molecule has 0 aliphatic heterocycles. The lowest BCUT2D eigenvalue weighted by Crippen LogP contribution is -2.25. The molecule has 0 atom stereocenters. The quantitative estimate of drug-likeness (QED) is 0.581. The monoisotopic (exact) mass is 367 g/mol. The number of aryl methyl sites for hydroxylation is 2. The Balaban J connectivity index is 1.86. The summed E-state index contributed by atoms with van der Waals surface area (Å²) in [6, 6.07) is 5.59. The van der Waals surface area contributed by atoms with Crippen LogP contribution in [0.3, 0.4) is 0 Å². The van der Waals surface area contributed by atoms with E-state index in [2.05, 4.69) is 21.5 Å². The Morgan fingerprint density at radius 1 is 1.41 bits per heavy atom. The molecular weight excluding hydrogens is 346 g/mol. The molecule has 3 aromatic rings. The molecule has 9 nitrogen and oxygen atoms in total. The molecule has 0 bridgehead atoms. The number of rotatable bonds is 6. The maximum atomic E-state index is 12.3. The number of aromatic nitrogens is 4. The predicted molar refractivity (Wildman–Crippen MR) is 102 cm³/mol. The van der Waals surface area contributed by atoms with E-state index >= 15 is 0 Å². The van der Waals surface area contributed by atoms with E-state index in [1.165, 1.54) is 9.08 Å². The molecule has 0 saturated heterocycles. The highest BCUT2D eigenvalue weighted by molar-refractivity contribution is 5.69. The Kier molecular flexibility index (Phi) is 5.09. The second-order valence-electron chi connectivity index (χ2n) is 6.21. The van der Waals surface area contributed by atoms with Crippen molar-refractivity contribution in [1.82, 2.24) is 19.2 Å². The molecule has 0 aliphatic rings. The molecule has 3 heterocycles. The Morgan fingerprint density at radius 2 is 2.19 bits per heavy atom. The van der Waals surface area contributed by atoms with Gasteiger partial charge in [0.15, 0.2) is 5.65 Å². The Labute approximate surface area is 155 Å². The first-order chi connectivity index (χ1) is 13.0. The fourth-order valence-corrected chi connectivity index (χ4v) is 2.90. The van der Waals surface area contributed by atoms with E-state index < -0.39 is 0 Å². The van der Waals surface area contributed by atoms with Crippen LogP contribution < -0.4 is 16.6 Å². The van der Waals surface area contributed by atoms with E-state index in [-0.39, 0.29) is 30.1 Å². The highest BCUT2D eigenvalue weighted by Crippen LogP contribution is 2.24. The van der Waals surface area contributed by atoms with Crippen LogP contribution in [0, 0.1) is 25.2 Å². The molecule has 0 saturated carbocycles. The predicted octanol–water partition coefficient (Wildman–Crippen LogP) is 0.609. The number of nitrogens with one attached hydrogen (secondary N) is 1. The number of hydrogen-bond acceptors (Lipinski definition) is 7. The average molecular weight is 367 g/mol. The summed E-state index contributed by atoms with van der Waals surface area (Å²) in [5.74, 6) is 0.600. The fraction of sp³-hybridized carbons (Fsp3) is 0.333. The summed E-state index contributed by atoms with van der Waals surface area (Å²) in [7, 11) is 0. The number of nitrogens with zero attached hydrogens (tertiary/aromatic N) is 5. The van der Waals surface area contributed by atoms with Crippen molar-refractivity contribution >= 4 is 17.3 Å². The van der Waals surface area contributed by atoms with Gasteiger partial charge in [0.05, 0.1) is 12.3 Å². The Bertz CT molecular complexity index is 1090. The van der Waals surface area contributed by atoms with E-state index in [1.54, 1.807) is 18.3 Å². The van der Waals surface area contributed by atoms with Gasteiger partial charge in [0.1, 0.15) is 23.3 Å². The van der Waals surface area contributed by atoms with Crippen molar-refractivity contribution in [3.05, 3.63) is 51.1 Å².